The predicted octanol–water partition coefficient (Wildman–Crippen LogP) is 5.94. The number of thiazole rings is 1. The minimum atomic E-state index is -4.40. The number of ketones is 1. The molecule has 0 amide bonds. The number of alkyl halides is 3. The van der Waals surface area contributed by atoms with Gasteiger partial charge in [-0.15, -0.1) is 0 Å². The molecule has 0 radical (unpaired) electrons. The topological polar surface area (TPSA) is 69.0 Å². The van der Waals surface area contributed by atoms with Crippen molar-refractivity contribution in [2.75, 3.05) is 18.5 Å². The van der Waals surface area contributed by atoms with E-state index in [1.54, 1.807) is 12.1 Å². The number of fused-ring (bicyclic) bond motifs is 2. The van der Waals surface area contributed by atoms with Crippen LogP contribution in [0.3, 0.4) is 0 Å². The number of carbonyl (C=O) groups excluding carboxylic acids is 1. The van der Waals surface area contributed by atoms with Gasteiger partial charge >= 0.3 is 6.18 Å². The van der Waals surface area contributed by atoms with Gasteiger partial charge in [-0.1, -0.05) is 11.3 Å². The first kappa shape index (κ1) is 22.2. The number of aryl methyl sites for hydroxylation is 1. The summed E-state index contributed by atoms with van der Waals surface area (Å²) in [7, 11) is 1.82. The van der Waals surface area contributed by atoms with Crippen LogP contribution in [0, 0.1) is 0 Å². The van der Waals surface area contributed by atoms with Gasteiger partial charge in [-0.05, 0) is 49.7 Å². The number of anilines is 2. The highest BCUT2D eigenvalue weighted by Gasteiger charge is 2.30. The lowest BCUT2D eigenvalue weighted by Crippen LogP contribution is -2.03. The Morgan fingerprint density at radius 2 is 1.97 bits per heavy atom. The van der Waals surface area contributed by atoms with Crippen LogP contribution in [0.1, 0.15) is 35.7 Å². The number of nitrogens with one attached hydrogen (secondary N) is 1. The Labute approximate surface area is 186 Å². The molecule has 0 fully saturated rings. The van der Waals surface area contributed by atoms with Gasteiger partial charge in [0.2, 0.25) is 5.95 Å². The van der Waals surface area contributed by atoms with Crippen LogP contribution in [0.5, 0.6) is 0 Å². The first-order valence-corrected chi connectivity index (χ1v) is 10.9. The zero-order chi connectivity index (χ0) is 22.9. The number of aromatic nitrogens is 3. The van der Waals surface area contributed by atoms with Crippen LogP contribution in [0.15, 0.2) is 36.4 Å². The Morgan fingerprint density at radius 3 is 2.72 bits per heavy atom. The zero-order valence-electron chi connectivity index (χ0n) is 17.5. The quantitative estimate of drug-likeness (QED) is 0.259. The second-order valence-corrected chi connectivity index (χ2v) is 8.28. The number of halogens is 3. The van der Waals surface area contributed by atoms with E-state index in [1.807, 2.05) is 24.6 Å². The molecule has 0 saturated heterocycles. The van der Waals surface area contributed by atoms with E-state index < -0.39 is 11.7 Å². The van der Waals surface area contributed by atoms with E-state index in [1.165, 1.54) is 6.07 Å². The average molecular weight is 462 g/mol. The maximum absolute atomic E-state index is 13.0. The second kappa shape index (κ2) is 8.87. The molecule has 0 bridgehead atoms. The van der Waals surface area contributed by atoms with E-state index in [9.17, 15) is 18.0 Å². The van der Waals surface area contributed by atoms with Gasteiger partial charge in [-0.3, -0.25) is 4.79 Å². The smallest absolute Gasteiger partial charge is 0.382 e. The molecular weight excluding hydrogens is 441 g/mol. The Morgan fingerprint density at radius 1 is 1.16 bits per heavy atom. The summed E-state index contributed by atoms with van der Waals surface area (Å²) in [6.45, 7) is 3.09. The molecule has 0 spiro atoms. The van der Waals surface area contributed by atoms with Crippen molar-refractivity contribution in [3.63, 3.8) is 0 Å². The third-order valence-corrected chi connectivity index (χ3v) is 5.97. The van der Waals surface area contributed by atoms with Crippen LogP contribution in [-0.2, 0) is 18.0 Å². The maximum atomic E-state index is 13.0. The standard InChI is InChI=1S/C22H21F3N4O2S/c1-3-31-10-4-5-18(30)13-6-9-17-16(11-13)26-20(29(17)2)28-21-27-15-8-7-14(22(23,24)25)12-19(15)32-21/h6-9,11-12H,3-5,10H2,1-2H3,(H,26,27,28). The maximum Gasteiger partial charge on any atom is 0.416 e. The van der Waals surface area contributed by atoms with Crippen molar-refractivity contribution in [2.45, 2.75) is 25.9 Å². The molecule has 0 atom stereocenters. The minimum absolute atomic E-state index is 0.0263. The molecule has 0 aliphatic heterocycles. The van der Waals surface area contributed by atoms with Crippen LogP contribution >= 0.6 is 11.3 Å². The fraction of sp³-hybridized carbons (Fsp3) is 0.318. The number of nitrogens with zero attached hydrogens (tertiary/aromatic N) is 3. The highest BCUT2D eigenvalue weighted by atomic mass is 32.1. The molecule has 2 aromatic heterocycles. The van der Waals surface area contributed by atoms with Gasteiger partial charge in [0.25, 0.3) is 0 Å². The third-order valence-electron chi connectivity index (χ3n) is 5.03. The normalized spacial score (nSPS) is 12.0. The minimum Gasteiger partial charge on any atom is -0.382 e. The summed E-state index contributed by atoms with van der Waals surface area (Å²) in [4.78, 5) is 21.3. The number of ether oxygens (including phenoxy) is 1. The Kier molecular flexibility index (Phi) is 6.16. The van der Waals surface area contributed by atoms with E-state index in [4.69, 9.17) is 4.74 Å². The number of rotatable bonds is 8. The molecule has 1 N–H and O–H groups in total. The summed E-state index contributed by atoms with van der Waals surface area (Å²) < 4.78 is 46.4. The molecule has 32 heavy (non-hydrogen) atoms. The summed E-state index contributed by atoms with van der Waals surface area (Å²) in [6, 6.07) is 8.82. The van der Waals surface area contributed by atoms with Crippen LogP contribution in [0.4, 0.5) is 24.3 Å². The molecule has 0 aliphatic rings. The summed E-state index contributed by atoms with van der Waals surface area (Å²) in [5.41, 5.74) is 1.81. The fourth-order valence-corrected chi connectivity index (χ4v) is 4.26. The molecule has 6 nitrogen and oxygen atoms in total. The third kappa shape index (κ3) is 4.61. The lowest BCUT2D eigenvalue weighted by molar-refractivity contribution is -0.137. The van der Waals surface area contributed by atoms with Gasteiger partial charge in [0.05, 0.1) is 26.8 Å². The molecule has 4 aromatic rings. The van der Waals surface area contributed by atoms with Crippen LogP contribution < -0.4 is 5.32 Å². The first-order chi connectivity index (χ1) is 15.3. The number of Topliss-reactive ketones (excluding diaryl/α,β-unsaturated/α-hetero) is 1. The van der Waals surface area contributed by atoms with Crippen molar-refractivity contribution < 1.29 is 22.7 Å². The fourth-order valence-electron chi connectivity index (χ4n) is 3.36. The van der Waals surface area contributed by atoms with Gasteiger partial charge in [0, 0.05) is 32.2 Å². The zero-order valence-corrected chi connectivity index (χ0v) is 18.3. The van der Waals surface area contributed by atoms with E-state index in [2.05, 4.69) is 15.3 Å². The Hall–Kier alpha value is -2.98. The van der Waals surface area contributed by atoms with E-state index in [0.29, 0.717) is 58.4 Å². The molecule has 10 heteroatoms. The largest absolute Gasteiger partial charge is 0.416 e. The number of hydrogen-bond acceptors (Lipinski definition) is 6. The molecule has 0 unspecified atom stereocenters. The second-order valence-electron chi connectivity index (χ2n) is 7.25. The van der Waals surface area contributed by atoms with E-state index >= 15 is 0 Å². The van der Waals surface area contributed by atoms with Crippen molar-refractivity contribution in [1.82, 2.24) is 14.5 Å². The molecular formula is C22H21F3N4O2S. The van der Waals surface area contributed by atoms with Crippen molar-refractivity contribution >= 4 is 49.4 Å². The molecule has 2 aromatic carbocycles. The number of benzene rings is 2. The Balaban J connectivity index is 1.55. The molecule has 2 heterocycles. The number of hydrogen-bond donors (Lipinski definition) is 1. The van der Waals surface area contributed by atoms with E-state index in [-0.39, 0.29) is 5.78 Å². The van der Waals surface area contributed by atoms with Gasteiger partial charge in [0.1, 0.15) is 0 Å². The first-order valence-electron chi connectivity index (χ1n) is 10.1. The monoisotopic (exact) mass is 462 g/mol. The van der Waals surface area contributed by atoms with Crippen molar-refractivity contribution in [3.8, 4) is 0 Å². The van der Waals surface area contributed by atoms with Gasteiger partial charge < -0.3 is 14.6 Å². The molecule has 168 valence electrons. The number of carbonyl (C=O) groups is 1. The summed E-state index contributed by atoms with van der Waals surface area (Å²) in [5.74, 6) is 0.509. The Bertz CT molecular complexity index is 1280. The number of imidazole rings is 1. The summed E-state index contributed by atoms with van der Waals surface area (Å²) in [6.07, 6.45) is -3.34. The van der Waals surface area contributed by atoms with Crippen LogP contribution in [0.25, 0.3) is 21.3 Å². The van der Waals surface area contributed by atoms with Crippen LogP contribution in [-0.4, -0.2) is 33.5 Å². The molecule has 0 saturated carbocycles. The van der Waals surface area contributed by atoms with Crippen molar-refractivity contribution in [1.29, 1.82) is 0 Å². The van der Waals surface area contributed by atoms with Crippen LogP contribution in [0.2, 0.25) is 0 Å². The van der Waals surface area contributed by atoms with E-state index in [0.717, 1.165) is 29.0 Å². The SMILES string of the molecule is CCOCCCC(=O)c1ccc2c(c1)nc(Nc1nc3ccc(C(F)(F)F)cc3s1)n2C. The van der Waals surface area contributed by atoms with Gasteiger partial charge in [-0.2, -0.15) is 13.2 Å². The predicted molar refractivity (Wildman–Crippen MR) is 119 cm³/mol. The lowest BCUT2D eigenvalue weighted by atomic mass is 10.1. The summed E-state index contributed by atoms with van der Waals surface area (Å²) in [5, 5.41) is 3.52. The highest BCUT2D eigenvalue weighted by molar-refractivity contribution is 7.22. The average Bonchev–Trinajstić information content (AvgIpc) is 3.30. The lowest BCUT2D eigenvalue weighted by Gasteiger charge is -2.04. The molecule has 4 rings (SSSR count). The van der Waals surface area contributed by atoms with Crippen molar-refractivity contribution in [3.05, 3.63) is 47.5 Å². The molecule has 0 aliphatic carbocycles. The van der Waals surface area contributed by atoms with Gasteiger partial charge in [-0.25, -0.2) is 9.97 Å². The highest BCUT2D eigenvalue weighted by Crippen LogP contribution is 2.35. The summed E-state index contributed by atoms with van der Waals surface area (Å²) >= 11 is 1.12. The van der Waals surface area contributed by atoms with Crippen molar-refractivity contribution in [2.24, 2.45) is 7.05 Å². The van der Waals surface area contributed by atoms with Gasteiger partial charge in [0.15, 0.2) is 10.9 Å².